The second-order valence-electron chi connectivity index (χ2n) is 4.54. The standard InChI is InChI=1S/C11H17BrN2O2S2/c1-14(8-9-4-6-13-7-5-9)18(15,16)11-3-2-10(12)17-11/h2-3,9,13H,4-8H2,1H3. The zero-order valence-electron chi connectivity index (χ0n) is 10.2. The van der Waals surface area contributed by atoms with Gasteiger partial charge in [0.05, 0.1) is 3.79 Å². The van der Waals surface area contributed by atoms with Crippen LogP contribution in [0.1, 0.15) is 12.8 Å². The molecule has 1 aromatic heterocycles. The Kier molecular flexibility index (Phi) is 4.82. The highest BCUT2D eigenvalue weighted by atomic mass is 79.9. The summed E-state index contributed by atoms with van der Waals surface area (Å²) in [7, 11) is -1.64. The molecule has 7 heteroatoms. The minimum atomic E-state index is -3.32. The van der Waals surface area contributed by atoms with Crippen molar-refractivity contribution in [1.29, 1.82) is 0 Å². The summed E-state index contributed by atoms with van der Waals surface area (Å²) in [4.78, 5) is 0. The maximum Gasteiger partial charge on any atom is 0.252 e. The van der Waals surface area contributed by atoms with Crippen molar-refractivity contribution < 1.29 is 8.42 Å². The van der Waals surface area contributed by atoms with Crippen LogP contribution >= 0.6 is 27.3 Å². The molecule has 2 heterocycles. The molecule has 1 saturated heterocycles. The highest BCUT2D eigenvalue weighted by Gasteiger charge is 2.25. The van der Waals surface area contributed by atoms with Gasteiger partial charge >= 0.3 is 0 Å². The van der Waals surface area contributed by atoms with Crippen molar-refractivity contribution in [3.8, 4) is 0 Å². The molecule has 1 fully saturated rings. The lowest BCUT2D eigenvalue weighted by Crippen LogP contribution is -2.37. The summed E-state index contributed by atoms with van der Waals surface area (Å²) in [5, 5.41) is 3.29. The van der Waals surface area contributed by atoms with Gasteiger partial charge in [0.15, 0.2) is 0 Å². The first-order valence-corrected chi connectivity index (χ1v) is 8.97. The summed E-state index contributed by atoms with van der Waals surface area (Å²) in [5.41, 5.74) is 0. The Balaban J connectivity index is 2.05. The SMILES string of the molecule is CN(CC1CCNCC1)S(=O)(=O)c1ccc(Br)s1. The highest BCUT2D eigenvalue weighted by molar-refractivity contribution is 9.11. The van der Waals surface area contributed by atoms with Crippen LogP contribution in [0.2, 0.25) is 0 Å². The van der Waals surface area contributed by atoms with E-state index in [0.29, 0.717) is 16.7 Å². The Morgan fingerprint density at radius 3 is 2.67 bits per heavy atom. The van der Waals surface area contributed by atoms with E-state index in [1.165, 1.54) is 15.6 Å². The Morgan fingerprint density at radius 1 is 1.44 bits per heavy atom. The fraction of sp³-hybridized carbons (Fsp3) is 0.636. The maximum atomic E-state index is 12.3. The number of hydrogen-bond acceptors (Lipinski definition) is 4. The largest absolute Gasteiger partial charge is 0.317 e. The predicted octanol–water partition coefficient (Wildman–Crippen LogP) is 2.13. The quantitative estimate of drug-likeness (QED) is 0.902. The molecule has 0 unspecified atom stereocenters. The highest BCUT2D eigenvalue weighted by Crippen LogP contribution is 2.28. The molecule has 4 nitrogen and oxygen atoms in total. The van der Waals surface area contributed by atoms with Crippen molar-refractivity contribution in [1.82, 2.24) is 9.62 Å². The zero-order chi connectivity index (χ0) is 13.2. The molecular formula is C11H17BrN2O2S2. The van der Waals surface area contributed by atoms with Crippen LogP contribution in [0.5, 0.6) is 0 Å². The number of nitrogens with zero attached hydrogens (tertiary/aromatic N) is 1. The molecule has 1 aliphatic heterocycles. The van der Waals surface area contributed by atoms with Gasteiger partial charge in [-0.1, -0.05) is 0 Å². The molecule has 0 atom stereocenters. The summed E-state index contributed by atoms with van der Waals surface area (Å²) in [6.07, 6.45) is 2.10. The van der Waals surface area contributed by atoms with Crippen molar-refractivity contribution in [2.45, 2.75) is 17.1 Å². The third-order valence-electron chi connectivity index (χ3n) is 3.19. The van der Waals surface area contributed by atoms with Gasteiger partial charge in [-0.3, -0.25) is 0 Å². The second kappa shape index (κ2) is 6.00. The van der Waals surface area contributed by atoms with Gasteiger partial charge < -0.3 is 5.32 Å². The molecule has 18 heavy (non-hydrogen) atoms. The fourth-order valence-electron chi connectivity index (χ4n) is 2.12. The van der Waals surface area contributed by atoms with E-state index in [0.717, 1.165) is 29.7 Å². The first-order valence-electron chi connectivity index (χ1n) is 5.92. The number of piperidine rings is 1. The van der Waals surface area contributed by atoms with Crippen LogP contribution in [0.3, 0.4) is 0 Å². The first kappa shape index (κ1) is 14.5. The summed E-state index contributed by atoms with van der Waals surface area (Å²) in [5.74, 6) is 0.467. The minimum Gasteiger partial charge on any atom is -0.317 e. The Morgan fingerprint density at radius 2 is 2.11 bits per heavy atom. The number of thiophene rings is 1. The average Bonchev–Trinajstić information content (AvgIpc) is 2.78. The molecule has 1 aromatic rings. The van der Waals surface area contributed by atoms with Gasteiger partial charge in [0, 0.05) is 13.6 Å². The van der Waals surface area contributed by atoms with Crippen molar-refractivity contribution >= 4 is 37.3 Å². The lowest BCUT2D eigenvalue weighted by Gasteiger charge is -2.26. The molecule has 0 aliphatic carbocycles. The lowest BCUT2D eigenvalue weighted by molar-refractivity contribution is 0.311. The summed E-state index contributed by atoms with van der Waals surface area (Å²) in [6.45, 7) is 2.59. The third-order valence-corrected chi connectivity index (χ3v) is 7.10. The molecule has 0 amide bonds. The molecule has 1 aliphatic rings. The van der Waals surface area contributed by atoms with Gasteiger partial charge in [-0.15, -0.1) is 11.3 Å². The van der Waals surface area contributed by atoms with E-state index in [9.17, 15) is 8.42 Å². The van der Waals surface area contributed by atoms with Crippen molar-refractivity contribution in [3.63, 3.8) is 0 Å². The zero-order valence-corrected chi connectivity index (χ0v) is 13.4. The Hall–Kier alpha value is 0.0500. The van der Waals surface area contributed by atoms with Gasteiger partial charge in [0.25, 0.3) is 10.0 Å². The molecular weight excluding hydrogens is 336 g/mol. The first-order chi connectivity index (χ1) is 8.50. The van der Waals surface area contributed by atoms with Crippen LogP contribution in [-0.4, -0.2) is 39.4 Å². The summed E-state index contributed by atoms with van der Waals surface area (Å²) in [6, 6.07) is 3.43. The van der Waals surface area contributed by atoms with Gasteiger partial charge in [0.1, 0.15) is 4.21 Å². The molecule has 0 spiro atoms. The molecule has 0 bridgehead atoms. The number of halogens is 1. The van der Waals surface area contributed by atoms with Crippen LogP contribution in [0.25, 0.3) is 0 Å². The minimum absolute atomic E-state index is 0.408. The third kappa shape index (κ3) is 3.33. The average molecular weight is 353 g/mol. The van der Waals surface area contributed by atoms with E-state index in [1.54, 1.807) is 19.2 Å². The number of nitrogens with one attached hydrogen (secondary N) is 1. The molecule has 0 radical (unpaired) electrons. The van der Waals surface area contributed by atoms with Crippen LogP contribution < -0.4 is 5.32 Å². The van der Waals surface area contributed by atoms with E-state index in [-0.39, 0.29) is 0 Å². The molecule has 2 rings (SSSR count). The van der Waals surface area contributed by atoms with Crippen LogP contribution in [0, 0.1) is 5.92 Å². The number of sulfonamides is 1. The monoisotopic (exact) mass is 352 g/mol. The predicted molar refractivity (Wildman–Crippen MR) is 77.4 cm³/mol. The normalized spacial score (nSPS) is 18.4. The van der Waals surface area contributed by atoms with Crippen LogP contribution in [-0.2, 0) is 10.0 Å². The van der Waals surface area contributed by atoms with Crippen molar-refractivity contribution in [2.75, 3.05) is 26.7 Å². The Labute approximate surface area is 121 Å². The molecule has 1 N–H and O–H groups in total. The fourth-order valence-corrected chi connectivity index (χ4v) is 5.58. The summed E-state index contributed by atoms with van der Waals surface area (Å²) >= 11 is 4.56. The van der Waals surface area contributed by atoms with Gasteiger partial charge in [-0.05, 0) is 59.9 Å². The van der Waals surface area contributed by atoms with Gasteiger partial charge in [0.2, 0.25) is 0 Å². The topological polar surface area (TPSA) is 49.4 Å². The number of hydrogen-bond donors (Lipinski definition) is 1. The van der Waals surface area contributed by atoms with Crippen molar-refractivity contribution in [3.05, 3.63) is 15.9 Å². The van der Waals surface area contributed by atoms with E-state index >= 15 is 0 Å². The smallest absolute Gasteiger partial charge is 0.252 e. The van der Waals surface area contributed by atoms with Gasteiger partial charge in [-0.2, -0.15) is 4.31 Å². The van der Waals surface area contributed by atoms with E-state index in [1.807, 2.05) is 0 Å². The van der Waals surface area contributed by atoms with Crippen molar-refractivity contribution in [2.24, 2.45) is 5.92 Å². The lowest BCUT2D eigenvalue weighted by atomic mass is 9.98. The van der Waals surface area contributed by atoms with E-state index < -0.39 is 10.0 Å². The number of rotatable bonds is 4. The van der Waals surface area contributed by atoms with E-state index in [2.05, 4.69) is 21.2 Å². The molecule has 0 aromatic carbocycles. The van der Waals surface area contributed by atoms with Gasteiger partial charge in [-0.25, -0.2) is 8.42 Å². The van der Waals surface area contributed by atoms with E-state index in [4.69, 9.17) is 0 Å². The summed E-state index contributed by atoms with van der Waals surface area (Å²) < 4.78 is 27.4. The molecule has 0 saturated carbocycles. The molecule has 102 valence electrons. The maximum absolute atomic E-state index is 12.3. The van der Waals surface area contributed by atoms with Crippen LogP contribution in [0.15, 0.2) is 20.1 Å². The second-order valence-corrected chi connectivity index (χ2v) is 9.27. The van der Waals surface area contributed by atoms with Crippen LogP contribution in [0.4, 0.5) is 0 Å². The Bertz CT molecular complexity index is 495.